The van der Waals surface area contributed by atoms with E-state index in [0.29, 0.717) is 35.2 Å². The number of amides is 1. The Bertz CT molecular complexity index is 424. The van der Waals surface area contributed by atoms with Gasteiger partial charge in [-0.3, -0.25) is 4.79 Å². The lowest BCUT2D eigenvalue weighted by Gasteiger charge is -2.13. The van der Waals surface area contributed by atoms with Gasteiger partial charge in [-0.1, -0.05) is 11.6 Å². The molecule has 2 N–H and O–H groups in total. The molecule has 0 aromatic heterocycles. The molecule has 0 bridgehead atoms. The Morgan fingerprint density at radius 2 is 1.94 bits per heavy atom. The monoisotopic (exact) mass is 272 g/mol. The van der Waals surface area contributed by atoms with Gasteiger partial charge in [0.15, 0.2) is 0 Å². The van der Waals surface area contributed by atoms with Gasteiger partial charge in [0.1, 0.15) is 11.5 Å². The second-order valence-electron chi connectivity index (χ2n) is 3.59. The molecular formula is C12H17ClN2O3. The van der Waals surface area contributed by atoms with E-state index < -0.39 is 0 Å². The van der Waals surface area contributed by atoms with Gasteiger partial charge in [0, 0.05) is 25.1 Å². The standard InChI is InChI=1S/C12H17ClN2O3/c1-14-5-4-12(16)15-9-7-10(17-2)8(13)6-11(9)18-3/h6-7,14H,4-5H2,1-3H3,(H,15,16). The van der Waals surface area contributed by atoms with Crippen LogP contribution in [-0.2, 0) is 4.79 Å². The summed E-state index contributed by atoms with van der Waals surface area (Å²) in [7, 11) is 4.82. The van der Waals surface area contributed by atoms with E-state index in [4.69, 9.17) is 21.1 Å². The maximum atomic E-state index is 11.6. The summed E-state index contributed by atoms with van der Waals surface area (Å²) in [6, 6.07) is 3.24. The van der Waals surface area contributed by atoms with Crippen LogP contribution in [-0.4, -0.2) is 33.7 Å². The predicted octanol–water partition coefficient (Wildman–Crippen LogP) is 1.91. The number of carbonyl (C=O) groups is 1. The third-order valence-corrected chi connectivity index (χ3v) is 2.65. The molecule has 100 valence electrons. The van der Waals surface area contributed by atoms with E-state index in [0.717, 1.165) is 0 Å². The maximum absolute atomic E-state index is 11.6. The first-order valence-electron chi connectivity index (χ1n) is 5.48. The highest BCUT2D eigenvalue weighted by Crippen LogP contribution is 2.35. The number of methoxy groups -OCH3 is 2. The Kier molecular flexibility index (Phi) is 5.74. The molecule has 0 aliphatic rings. The van der Waals surface area contributed by atoms with Crippen molar-refractivity contribution >= 4 is 23.2 Å². The predicted molar refractivity (Wildman–Crippen MR) is 71.7 cm³/mol. The van der Waals surface area contributed by atoms with Gasteiger partial charge in [-0.25, -0.2) is 0 Å². The summed E-state index contributed by atoms with van der Waals surface area (Å²) in [5, 5.41) is 6.10. The van der Waals surface area contributed by atoms with Crippen molar-refractivity contribution in [1.29, 1.82) is 0 Å². The van der Waals surface area contributed by atoms with E-state index in [-0.39, 0.29) is 5.91 Å². The molecule has 0 atom stereocenters. The van der Waals surface area contributed by atoms with Gasteiger partial charge in [-0.15, -0.1) is 0 Å². The largest absolute Gasteiger partial charge is 0.495 e. The molecular weight excluding hydrogens is 256 g/mol. The van der Waals surface area contributed by atoms with Crippen LogP contribution in [0.5, 0.6) is 11.5 Å². The molecule has 0 saturated heterocycles. The maximum Gasteiger partial charge on any atom is 0.225 e. The Morgan fingerprint density at radius 1 is 1.28 bits per heavy atom. The van der Waals surface area contributed by atoms with Crippen molar-refractivity contribution in [1.82, 2.24) is 5.32 Å². The van der Waals surface area contributed by atoms with E-state index >= 15 is 0 Å². The molecule has 0 fully saturated rings. The van der Waals surface area contributed by atoms with Crippen LogP contribution < -0.4 is 20.1 Å². The number of anilines is 1. The van der Waals surface area contributed by atoms with Crippen LogP contribution in [0.3, 0.4) is 0 Å². The van der Waals surface area contributed by atoms with Crippen molar-refractivity contribution in [2.45, 2.75) is 6.42 Å². The highest BCUT2D eigenvalue weighted by atomic mass is 35.5. The first-order valence-corrected chi connectivity index (χ1v) is 5.86. The van der Waals surface area contributed by atoms with Crippen molar-refractivity contribution in [2.24, 2.45) is 0 Å². The molecule has 18 heavy (non-hydrogen) atoms. The van der Waals surface area contributed by atoms with Gasteiger partial charge in [0.05, 0.1) is 24.9 Å². The highest BCUT2D eigenvalue weighted by Gasteiger charge is 2.12. The second kappa shape index (κ2) is 7.08. The Labute approximate surface area is 111 Å². The lowest BCUT2D eigenvalue weighted by molar-refractivity contribution is -0.116. The highest BCUT2D eigenvalue weighted by molar-refractivity contribution is 6.32. The van der Waals surface area contributed by atoms with Crippen molar-refractivity contribution in [3.63, 3.8) is 0 Å². The van der Waals surface area contributed by atoms with Gasteiger partial charge in [0.25, 0.3) is 0 Å². The molecule has 6 heteroatoms. The van der Waals surface area contributed by atoms with Gasteiger partial charge in [-0.05, 0) is 7.05 Å². The lowest BCUT2D eigenvalue weighted by Crippen LogP contribution is -2.19. The third kappa shape index (κ3) is 3.78. The lowest BCUT2D eigenvalue weighted by atomic mass is 10.2. The Hall–Kier alpha value is -1.46. The van der Waals surface area contributed by atoms with Crippen LogP contribution in [0, 0.1) is 0 Å². The summed E-state index contributed by atoms with van der Waals surface area (Å²) in [5.41, 5.74) is 0.542. The molecule has 0 unspecified atom stereocenters. The molecule has 0 spiro atoms. The number of benzene rings is 1. The molecule has 1 aromatic rings. The minimum atomic E-state index is -0.105. The molecule has 0 heterocycles. The van der Waals surface area contributed by atoms with Crippen LogP contribution in [0.25, 0.3) is 0 Å². The van der Waals surface area contributed by atoms with E-state index in [9.17, 15) is 4.79 Å². The summed E-state index contributed by atoms with van der Waals surface area (Å²) in [6.07, 6.45) is 0.380. The minimum Gasteiger partial charge on any atom is -0.495 e. The Balaban J connectivity index is 2.89. The van der Waals surface area contributed by atoms with Crippen LogP contribution >= 0.6 is 11.6 Å². The number of hydrogen-bond donors (Lipinski definition) is 2. The molecule has 1 amide bonds. The van der Waals surface area contributed by atoms with E-state index in [1.54, 1.807) is 19.2 Å². The third-order valence-electron chi connectivity index (χ3n) is 2.35. The van der Waals surface area contributed by atoms with Crippen molar-refractivity contribution < 1.29 is 14.3 Å². The van der Waals surface area contributed by atoms with Gasteiger partial charge < -0.3 is 20.1 Å². The number of ether oxygens (including phenoxy) is 2. The summed E-state index contributed by atoms with van der Waals surface area (Å²) in [4.78, 5) is 11.6. The molecule has 0 aliphatic heterocycles. The fourth-order valence-electron chi connectivity index (χ4n) is 1.41. The Morgan fingerprint density at radius 3 is 2.50 bits per heavy atom. The van der Waals surface area contributed by atoms with Crippen molar-refractivity contribution in [2.75, 3.05) is 33.1 Å². The summed E-state index contributed by atoms with van der Waals surface area (Å²) in [5.74, 6) is 0.881. The van der Waals surface area contributed by atoms with Crippen LogP contribution in [0.4, 0.5) is 5.69 Å². The number of hydrogen-bond acceptors (Lipinski definition) is 4. The summed E-state index contributed by atoms with van der Waals surface area (Å²) < 4.78 is 10.3. The fraction of sp³-hybridized carbons (Fsp3) is 0.417. The summed E-state index contributed by atoms with van der Waals surface area (Å²) in [6.45, 7) is 0.610. The minimum absolute atomic E-state index is 0.105. The van der Waals surface area contributed by atoms with E-state index in [1.807, 2.05) is 0 Å². The van der Waals surface area contributed by atoms with Crippen molar-refractivity contribution in [3.05, 3.63) is 17.2 Å². The average molecular weight is 273 g/mol. The zero-order valence-corrected chi connectivity index (χ0v) is 11.4. The number of carbonyl (C=O) groups excluding carboxylic acids is 1. The van der Waals surface area contributed by atoms with Gasteiger partial charge >= 0.3 is 0 Å². The van der Waals surface area contributed by atoms with Gasteiger partial charge in [0.2, 0.25) is 5.91 Å². The smallest absolute Gasteiger partial charge is 0.225 e. The average Bonchev–Trinajstić information content (AvgIpc) is 2.37. The van der Waals surface area contributed by atoms with Crippen LogP contribution in [0.1, 0.15) is 6.42 Å². The molecule has 0 radical (unpaired) electrons. The van der Waals surface area contributed by atoms with Crippen molar-refractivity contribution in [3.8, 4) is 11.5 Å². The number of rotatable bonds is 6. The topological polar surface area (TPSA) is 59.6 Å². The zero-order chi connectivity index (χ0) is 13.5. The van der Waals surface area contributed by atoms with Crippen LogP contribution in [0.2, 0.25) is 5.02 Å². The molecule has 1 aromatic carbocycles. The summed E-state index contributed by atoms with van der Waals surface area (Å²) >= 11 is 5.97. The van der Waals surface area contributed by atoms with E-state index in [1.165, 1.54) is 14.2 Å². The first kappa shape index (κ1) is 14.6. The SMILES string of the molecule is CNCCC(=O)Nc1cc(OC)c(Cl)cc1OC. The number of nitrogens with one attached hydrogen (secondary N) is 2. The second-order valence-corrected chi connectivity index (χ2v) is 4.00. The number of halogens is 1. The van der Waals surface area contributed by atoms with E-state index in [2.05, 4.69) is 10.6 Å². The van der Waals surface area contributed by atoms with Gasteiger partial charge in [-0.2, -0.15) is 0 Å². The van der Waals surface area contributed by atoms with Crippen LogP contribution in [0.15, 0.2) is 12.1 Å². The zero-order valence-electron chi connectivity index (χ0n) is 10.7. The normalized spacial score (nSPS) is 10.0. The molecule has 0 aliphatic carbocycles. The fourth-order valence-corrected chi connectivity index (χ4v) is 1.64. The molecule has 5 nitrogen and oxygen atoms in total. The quantitative estimate of drug-likeness (QED) is 0.830. The molecule has 1 rings (SSSR count). The first-order chi connectivity index (χ1) is 8.62. The molecule has 0 saturated carbocycles.